The van der Waals surface area contributed by atoms with E-state index in [9.17, 15) is 4.39 Å². The lowest BCUT2D eigenvalue weighted by molar-refractivity contribution is 0.483. The molecule has 1 nitrogen and oxygen atoms in total. The van der Waals surface area contributed by atoms with E-state index in [1.165, 1.54) is 12.0 Å². The first-order valence-corrected chi connectivity index (χ1v) is 8.23. The molecule has 110 valence electrons. The van der Waals surface area contributed by atoms with Crippen molar-refractivity contribution in [2.24, 2.45) is 5.92 Å². The summed E-state index contributed by atoms with van der Waals surface area (Å²) in [6.45, 7) is 2.99. The van der Waals surface area contributed by atoms with Gasteiger partial charge in [-0.3, -0.25) is 0 Å². The molecule has 1 fully saturated rings. The standard InChI is InChI=1S/C18H19BrFN/c1-2-21-18(13-8-9-16(19)17(20)10-13)15-11-14(15)12-6-4-3-5-7-12/h3-10,14-15,18,21H,2,11H2,1H3. The third kappa shape index (κ3) is 3.19. The first-order valence-electron chi connectivity index (χ1n) is 7.44. The van der Waals surface area contributed by atoms with Gasteiger partial charge in [0.15, 0.2) is 0 Å². The lowest BCUT2D eigenvalue weighted by atomic mass is 9.98. The molecular weight excluding hydrogens is 329 g/mol. The van der Waals surface area contributed by atoms with Crippen molar-refractivity contribution in [3.8, 4) is 0 Å². The molecule has 3 heteroatoms. The van der Waals surface area contributed by atoms with E-state index in [1.54, 1.807) is 12.1 Å². The maximum Gasteiger partial charge on any atom is 0.137 e. The van der Waals surface area contributed by atoms with Crippen LogP contribution in [-0.4, -0.2) is 6.54 Å². The van der Waals surface area contributed by atoms with Gasteiger partial charge in [0.2, 0.25) is 0 Å². The number of halogens is 2. The molecule has 0 spiro atoms. The van der Waals surface area contributed by atoms with Gasteiger partial charge in [-0.2, -0.15) is 0 Å². The molecule has 21 heavy (non-hydrogen) atoms. The van der Waals surface area contributed by atoms with Gasteiger partial charge in [0.25, 0.3) is 0 Å². The van der Waals surface area contributed by atoms with Crippen LogP contribution in [0.5, 0.6) is 0 Å². The van der Waals surface area contributed by atoms with Crippen LogP contribution in [0.1, 0.15) is 36.4 Å². The molecule has 3 rings (SSSR count). The van der Waals surface area contributed by atoms with Gasteiger partial charge in [0.05, 0.1) is 4.47 Å². The van der Waals surface area contributed by atoms with Crippen molar-refractivity contribution >= 4 is 15.9 Å². The first kappa shape index (κ1) is 14.7. The smallest absolute Gasteiger partial charge is 0.137 e. The van der Waals surface area contributed by atoms with Crippen molar-refractivity contribution in [2.45, 2.75) is 25.3 Å². The van der Waals surface area contributed by atoms with E-state index in [2.05, 4.69) is 52.4 Å². The quantitative estimate of drug-likeness (QED) is 0.798. The minimum atomic E-state index is -0.188. The van der Waals surface area contributed by atoms with E-state index >= 15 is 0 Å². The fourth-order valence-corrected chi connectivity index (χ4v) is 3.36. The summed E-state index contributed by atoms with van der Waals surface area (Å²) in [5.74, 6) is 0.946. The van der Waals surface area contributed by atoms with Crippen molar-refractivity contribution < 1.29 is 4.39 Å². The highest BCUT2D eigenvalue weighted by Gasteiger charge is 2.44. The van der Waals surface area contributed by atoms with Crippen LogP contribution in [0.2, 0.25) is 0 Å². The predicted octanol–water partition coefficient (Wildman–Crippen LogP) is 5.04. The number of benzene rings is 2. The molecule has 1 aliphatic carbocycles. The molecular formula is C18H19BrFN. The molecule has 0 aromatic heterocycles. The Labute approximate surface area is 133 Å². The molecule has 1 aliphatic rings. The van der Waals surface area contributed by atoms with E-state index in [0.717, 1.165) is 12.1 Å². The summed E-state index contributed by atoms with van der Waals surface area (Å²) >= 11 is 3.22. The van der Waals surface area contributed by atoms with Gasteiger partial charge in [-0.1, -0.05) is 43.3 Å². The molecule has 0 amide bonds. The Balaban J connectivity index is 1.81. The Hall–Kier alpha value is -1.19. The Morgan fingerprint density at radius 1 is 1.24 bits per heavy atom. The van der Waals surface area contributed by atoms with Crippen LogP contribution in [0.3, 0.4) is 0 Å². The third-order valence-electron chi connectivity index (χ3n) is 4.22. The van der Waals surface area contributed by atoms with E-state index in [0.29, 0.717) is 16.3 Å². The van der Waals surface area contributed by atoms with Gasteiger partial charge in [0.1, 0.15) is 5.82 Å². The number of hydrogen-bond acceptors (Lipinski definition) is 1. The molecule has 0 radical (unpaired) electrons. The Morgan fingerprint density at radius 2 is 2.00 bits per heavy atom. The number of hydrogen-bond donors (Lipinski definition) is 1. The van der Waals surface area contributed by atoms with Crippen LogP contribution in [-0.2, 0) is 0 Å². The molecule has 0 saturated heterocycles. The molecule has 2 aromatic carbocycles. The zero-order valence-corrected chi connectivity index (χ0v) is 13.6. The van der Waals surface area contributed by atoms with Gasteiger partial charge in [0, 0.05) is 6.04 Å². The number of nitrogens with one attached hydrogen (secondary N) is 1. The lowest BCUT2D eigenvalue weighted by Crippen LogP contribution is -2.23. The molecule has 3 atom stereocenters. The first-order chi connectivity index (χ1) is 10.2. The van der Waals surface area contributed by atoms with Crippen molar-refractivity contribution in [1.82, 2.24) is 5.32 Å². The van der Waals surface area contributed by atoms with Crippen LogP contribution in [0.25, 0.3) is 0 Å². The summed E-state index contributed by atoms with van der Waals surface area (Å²) in [7, 11) is 0. The van der Waals surface area contributed by atoms with Crippen LogP contribution in [0.15, 0.2) is 53.0 Å². The predicted molar refractivity (Wildman–Crippen MR) is 87.8 cm³/mol. The summed E-state index contributed by atoms with van der Waals surface area (Å²) in [6.07, 6.45) is 1.17. The highest BCUT2D eigenvalue weighted by Crippen LogP contribution is 2.54. The zero-order valence-electron chi connectivity index (χ0n) is 12.0. The second-order valence-electron chi connectivity index (χ2n) is 5.63. The maximum atomic E-state index is 13.8. The second-order valence-corrected chi connectivity index (χ2v) is 6.48. The monoisotopic (exact) mass is 347 g/mol. The maximum absolute atomic E-state index is 13.8. The van der Waals surface area contributed by atoms with Crippen molar-refractivity contribution in [2.75, 3.05) is 6.54 Å². The summed E-state index contributed by atoms with van der Waals surface area (Å²) in [5.41, 5.74) is 2.43. The minimum Gasteiger partial charge on any atom is -0.310 e. The van der Waals surface area contributed by atoms with Crippen LogP contribution >= 0.6 is 15.9 Å². The summed E-state index contributed by atoms with van der Waals surface area (Å²) in [6, 6.07) is 16.3. The van der Waals surface area contributed by atoms with Gasteiger partial charge in [-0.05, 0) is 64.0 Å². The Morgan fingerprint density at radius 3 is 2.67 bits per heavy atom. The molecule has 2 aromatic rings. The molecule has 0 bridgehead atoms. The second kappa shape index (κ2) is 6.29. The molecule has 1 N–H and O–H groups in total. The normalized spacial score (nSPS) is 22.0. The Kier molecular flexibility index (Phi) is 4.41. The largest absolute Gasteiger partial charge is 0.310 e. The highest BCUT2D eigenvalue weighted by atomic mass is 79.9. The van der Waals surface area contributed by atoms with E-state index < -0.39 is 0 Å². The van der Waals surface area contributed by atoms with Crippen LogP contribution in [0.4, 0.5) is 4.39 Å². The SMILES string of the molecule is CCNC(c1ccc(Br)c(F)c1)C1CC1c1ccccc1. The van der Waals surface area contributed by atoms with Crippen molar-refractivity contribution in [3.05, 3.63) is 69.9 Å². The zero-order chi connectivity index (χ0) is 14.8. The van der Waals surface area contributed by atoms with E-state index in [1.807, 2.05) is 12.1 Å². The summed E-state index contributed by atoms with van der Waals surface area (Å²) < 4.78 is 14.3. The topological polar surface area (TPSA) is 12.0 Å². The van der Waals surface area contributed by atoms with E-state index in [-0.39, 0.29) is 11.9 Å². The summed E-state index contributed by atoms with van der Waals surface area (Å²) in [5, 5.41) is 3.53. The molecule has 3 unspecified atom stereocenters. The average molecular weight is 348 g/mol. The van der Waals surface area contributed by atoms with Gasteiger partial charge in [-0.25, -0.2) is 4.39 Å². The van der Waals surface area contributed by atoms with Crippen LogP contribution < -0.4 is 5.32 Å². The number of rotatable bonds is 5. The van der Waals surface area contributed by atoms with Gasteiger partial charge >= 0.3 is 0 Å². The fraction of sp³-hybridized carbons (Fsp3) is 0.333. The Bertz CT molecular complexity index is 614. The minimum absolute atomic E-state index is 0.188. The van der Waals surface area contributed by atoms with Crippen molar-refractivity contribution in [3.63, 3.8) is 0 Å². The van der Waals surface area contributed by atoms with Gasteiger partial charge < -0.3 is 5.32 Å². The molecule has 1 saturated carbocycles. The fourth-order valence-electron chi connectivity index (χ4n) is 3.11. The van der Waals surface area contributed by atoms with Gasteiger partial charge in [-0.15, -0.1) is 0 Å². The van der Waals surface area contributed by atoms with Crippen molar-refractivity contribution in [1.29, 1.82) is 0 Å². The van der Waals surface area contributed by atoms with Crippen LogP contribution in [0, 0.1) is 11.7 Å². The molecule has 0 aliphatic heterocycles. The highest BCUT2D eigenvalue weighted by molar-refractivity contribution is 9.10. The lowest BCUT2D eigenvalue weighted by Gasteiger charge is -2.19. The molecule has 0 heterocycles. The van der Waals surface area contributed by atoms with E-state index in [4.69, 9.17) is 0 Å². The third-order valence-corrected chi connectivity index (χ3v) is 4.87. The summed E-state index contributed by atoms with van der Waals surface area (Å²) in [4.78, 5) is 0. The average Bonchev–Trinajstić information content (AvgIpc) is 3.29.